The Labute approximate surface area is 153 Å². The molecular weight excluding hydrogens is 328 g/mol. The molecule has 1 amide bonds. The van der Waals surface area contributed by atoms with E-state index in [9.17, 15) is 4.79 Å². The molecule has 0 N–H and O–H groups in total. The van der Waals surface area contributed by atoms with Crippen LogP contribution in [0.5, 0.6) is 5.75 Å². The number of hydrogen-bond donors (Lipinski definition) is 0. The third kappa shape index (κ3) is 3.17. The maximum absolute atomic E-state index is 12.6. The Hall–Kier alpha value is -2.82. The largest absolute Gasteiger partial charge is 0.496 e. The van der Waals surface area contributed by atoms with Crippen LogP contribution in [-0.2, 0) is 11.3 Å². The van der Waals surface area contributed by atoms with Crippen LogP contribution in [0.15, 0.2) is 54.9 Å². The number of fused-ring (bicyclic) bond motifs is 2. The first-order chi connectivity index (χ1) is 12.8. The zero-order chi connectivity index (χ0) is 17.9. The van der Waals surface area contributed by atoms with Crippen molar-refractivity contribution in [3.8, 4) is 5.75 Å². The molecule has 134 valence electrons. The summed E-state index contributed by atoms with van der Waals surface area (Å²) in [4.78, 5) is 18.8. The van der Waals surface area contributed by atoms with Crippen molar-refractivity contribution in [1.29, 1.82) is 0 Å². The van der Waals surface area contributed by atoms with Gasteiger partial charge in [0.1, 0.15) is 12.4 Å². The average molecular weight is 350 g/mol. The fourth-order valence-electron chi connectivity index (χ4n) is 3.91. The standard InChI is InChI=1S/C21H22N2O3/c1-25-20-9-10-22-13-19(20)16-11-17-7-8-18(12-16)23(17)21(24)26-14-15-5-3-2-4-6-15/h2-6,9-11,13,17-18H,7-8,12,14H2,1H3. The van der Waals surface area contributed by atoms with Crippen LogP contribution in [0.1, 0.15) is 30.4 Å². The Morgan fingerprint density at radius 2 is 2.08 bits per heavy atom. The topological polar surface area (TPSA) is 51.7 Å². The van der Waals surface area contributed by atoms with Gasteiger partial charge >= 0.3 is 6.09 Å². The van der Waals surface area contributed by atoms with Gasteiger partial charge in [0, 0.05) is 24.0 Å². The van der Waals surface area contributed by atoms with Gasteiger partial charge in [-0.2, -0.15) is 0 Å². The lowest BCUT2D eigenvalue weighted by molar-refractivity contribution is 0.0832. The van der Waals surface area contributed by atoms with Gasteiger partial charge in [0.05, 0.1) is 13.2 Å². The Morgan fingerprint density at radius 3 is 2.85 bits per heavy atom. The number of carbonyl (C=O) groups is 1. The molecule has 0 saturated carbocycles. The van der Waals surface area contributed by atoms with E-state index in [4.69, 9.17) is 9.47 Å². The first-order valence-corrected chi connectivity index (χ1v) is 8.94. The third-order valence-electron chi connectivity index (χ3n) is 5.16. The van der Waals surface area contributed by atoms with Crippen LogP contribution < -0.4 is 4.74 Å². The summed E-state index contributed by atoms with van der Waals surface area (Å²) in [5.74, 6) is 0.825. The number of benzene rings is 1. The molecule has 2 aliphatic heterocycles. The van der Waals surface area contributed by atoms with Crippen molar-refractivity contribution in [1.82, 2.24) is 9.88 Å². The first-order valence-electron chi connectivity index (χ1n) is 8.94. The number of pyridine rings is 1. The van der Waals surface area contributed by atoms with E-state index in [2.05, 4.69) is 11.1 Å². The summed E-state index contributed by atoms with van der Waals surface area (Å²) in [5.41, 5.74) is 3.22. The number of aromatic nitrogens is 1. The van der Waals surface area contributed by atoms with Crippen molar-refractivity contribution in [2.75, 3.05) is 7.11 Å². The highest BCUT2D eigenvalue weighted by Crippen LogP contribution is 2.40. The Balaban J connectivity index is 1.49. The van der Waals surface area contributed by atoms with Crippen LogP contribution in [0.3, 0.4) is 0 Å². The number of ether oxygens (including phenoxy) is 2. The molecule has 2 unspecified atom stereocenters. The van der Waals surface area contributed by atoms with E-state index in [1.165, 1.54) is 5.57 Å². The highest BCUT2D eigenvalue weighted by atomic mass is 16.6. The van der Waals surface area contributed by atoms with Gasteiger partial charge in [0.25, 0.3) is 0 Å². The zero-order valence-corrected chi connectivity index (χ0v) is 14.8. The summed E-state index contributed by atoms with van der Waals surface area (Å²) in [5, 5.41) is 0. The van der Waals surface area contributed by atoms with Crippen LogP contribution in [-0.4, -0.2) is 35.2 Å². The molecular formula is C21H22N2O3. The van der Waals surface area contributed by atoms with Gasteiger partial charge in [-0.1, -0.05) is 36.4 Å². The van der Waals surface area contributed by atoms with Crippen molar-refractivity contribution >= 4 is 11.7 Å². The molecule has 2 aliphatic rings. The van der Waals surface area contributed by atoms with Crippen LogP contribution in [0.2, 0.25) is 0 Å². The molecule has 0 aliphatic carbocycles. The number of hydrogen-bond acceptors (Lipinski definition) is 4. The summed E-state index contributed by atoms with van der Waals surface area (Å²) in [7, 11) is 1.67. The predicted molar refractivity (Wildman–Crippen MR) is 98.7 cm³/mol. The van der Waals surface area contributed by atoms with E-state index in [-0.39, 0.29) is 18.2 Å². The van der Waals surface area contributed by atoms with Gasteiger partial charge in [-0.25, -0.2) is 4.79 Å². The minimum Gasteiger partial charge on any atom is -0.496 e. The highest BCUT2D eigenvalue weighted by Gasteiger charge is 2.41. The first kappa shape index (κ1) is 16.6. The number of amides is 1. The van der Waals surface area contributed by atoms with Gasteiger partial charge in [0.15, 0.2) is 0 Å². The molecule has 1 aromatic heterocycles. The average Bonchev–Trinajstić information content (AvgIpc) is 2.96. The van der Waals surface area contributed by atoms with Crippen molar-refractivity contribution in [3.63, 3.8) is 0 Å². The molecule has 2 aromatic rings. The fraction of sp³-hybridized carbons (Fsp3) is 0.333. The number of methoxy groups -OCH3 is 1. The molecule has 2 atom stereocenters. The molecule has 2 bridgehead atoms. The van der Waals surface area contributed by atoms with Crippen molar-refractivity contribution in [2.24, 2.45) is 0 Å². The van der Waals surface area contributed by atoms with Crippen molar-refractivity contribution in [2.45, 2.75) is 38.0 Å². The molecule has 0 spiro atoms. The third-order valence-corrected chi connectivity index (χ3v) is 5.16. The fourth-order valence-corrected chi connectivity index (χ4v) is 3.91. The maximum atomic E-state index is 12.6. The summed E-state index contributed by atoms with van der Waals surface area (Å²) >= 11 is 0. The van der Waals surface area contributed by atoms with E-state index in [0.717, 1.165) is 36.1 Å². The van der Waals surface area contributed by atoms with E-state index in [0.29, 0.717) is 6.61 Å². The van der Waals surface area contributed by atoms with Crippen LogP contribution >= 0.6 is 0 Å². The molecule has 1 aromatic carbocycles. The Kier molecular flexibility index (Phi) is 4.61. The molecule has 0 radical (unpaired) electrons. The monoisotopic (exact) mass is 350 g/mol. The van der Waals surface area contributed by atoms with E-state index in [1.807, 2.05) is 47.5 Å². The summed E-state index contributed by atoms with van der Waals surface area (Å²) in [6, 6.07) is 11.9. The predicted octanol–water partition coefficient (Wildman–Crippen LogP) is 4.05. The second-order valence-corrected chi connectivity index (χ2v) is 6.72. The normalized spacial score (nSPS) is 21.3. The SMILES string of the molecule is COc1ccncc1C1=CC2CCC(C1)N2C(=O)OCc1ccccc1. The summed E-state index contributed by atoms with van der Waals surface area (Å²) in [6.07, 6.45) is 8.28. The lowest BCUT2D eigenvalue weighted by atomic mass is 9.95. The van der Waals surface area contributed by atoms with Gasteiger partial charge in [-0.05, 0) is 36.5 Å². The summed E-state index contributed by atoms with van der Waals surface area (Å²) < 4.78 is 11.0. The summed E-state index contributed by atoms with van der Waals surface area (Å²) in [6.45, 7) is 0.308. The molecule has 1 saturated heterocycles. The number of rotatable bonds is 4. The number of carbonyl (C=O) groups excluding carboxylic acids is 1. The Bertz CT molecular complexity index is 819. The van der Waals surface area contributed by atoms with Crippen molar-refractivity contribution < 1.29 is 14.3 Å². The minimum absolute atomic E-state index is 0.0805. The maximum Gasteiger partial charge on any atom is 0.410 e. The highest BCUT2D eigenvalue weighted by molar-refractivity contribution is 5.76. The van der Waals surface area contributed by atoms with E-state index < -0.39 is 0 Å². The van der Waals surface area contributed by atoms with Gasteiger partial charge < -0.3 is 9.47 Å². The second kappa shape index (κ2) is 7.20. The zero-order valence-electron chi connectivity index (χ0n) is 14.8. The lowest BCUT2D eigenvalue weighted by Gasteiger charge is -2.33. The van der Waals surface area contributed by atoms with Crippen molar-refractivity contribution in [3.05, 3.63) is 66.0 Å². The van der Waals surface area contributed by atoms with E-state index in [1.54, 1.807) is 13.3 Å². The molecule has 26 heavy (non-hydrogen) atoms. The van der Waals surface area contributed by atoms with Crippen LogP contribution in [0.25, 0.3) is 5.57 Å². The van der Waals surface area contributed by atoms with Crippen LogP contribution in [0, 0.1) is 0 Å². The molecule has 5 nitrogen and oxygen atoms in total. The quantitative estimate of drug-likeness (QED) is 0.835. The lowest BCUT2D eigenvalue weighted by Crippen LogP contribution is -2.43. The molecule has 3 heterocycles. The molecule has 4 rings (SSSR count). The smallest absolute Gasteiger partial charge is 0.410 e. The van der Waals surface area contributed by atoms with Gasteiger partial charge in [-0.3, -0.25) is 9.88 Å². The van der Waals surface area contributed by atoms with Gasteiger partial charge in [-0.15, -0.1) is 0 Å². The minimum atomic E-state index is -0.227. The van der Waals surface area contributed by atoms with E-state index >= 15 is 0 Å². The Morgan fingerprint density at radius 1 is 1.23 bits per heavy atom. The molecule has 1 fully saturated rings. The van der Waals surface area contributed by atoms with Crippen LogP contribution in [0.4, 0.5) is 4.79 Å². The molecule has 5 heteroatoms. The van der Waals surface area contributed by atoms with Gasteiger partial charge in [0.2, 0.25) is 0 Å². The second-order valence-electron chi connectivity index (χ2n) is 6.72. The number of nitrogens with zero attached hydrogens (tertiary/aromatic N) is 2.